The zero-order chi connectivity index (χ0) is 10.2. The van der Waals surface area contributed by atoms with Gasteiger partial charge in [-0.1, -0.05) is 43.7 Å². The molecule has 0 saturated carbocycles. The SMILES string of the molecule is CCCCC([C]=O)=Cc1ccccc1. The van der Waals surface area contributed by atoms with Gasteiger partial charge in [0.25, 0.3) is 0 Å². The molecule has 0 aliphatic rings. The van der Waals surface area contributed by atoms with Crippen molar-refractivity contribution in [2.45, 2.75) is 26.2 Å². The number of allylic oxidation sites excluding steroid dienone is 1. The minimum atomic E-state index is 0.762. The summed E-state index contributed by atoms with van der Waals surface area (Å²) in [5.41, 5.74) is 1.83. The van der Waals surface area contributed by atoms with E-state index in [4.69, 9.17) is 0 Å². The molecule has 14 heavy (non-hydrogen) atoms. The molecule has 1 aromatic rings. The predicted molar refractivity (Wildman–Crippen MR) is 59.6 cm³/mol. The molecule has 1 aromatic carbocycles. The summed E-state index contributed by atoms with van der Waals surface area (Å²) in [7, 11) is 0. The summed E-state index contributed by atoms with van der Waals surface area (Å²) < 4.78 is 0. The fourth-order valence-corrected chi connectivity index (χ4v) is 1.27. The summed E-state index contributed by atoms with van der Waals surface area (Å²) >= 11 is 0. The Bertz CT molecular complexity index is 298. The van der Waals surface area contributed by atoms with Crippen molar-refractivity contribution in [2.24, 2.45) is 0 Å². The second-order valence-corrected chi connectivity index (χ2v) is 3.29. The highest BCUT2D eigenvalue weighted by Crippen LogP contribution is 2.10. The number of carbonyl (C=O) groups excluding carboxylic acids is 1. The van der Waals surface area contributed by atoms with Crippen LogP contribution in [0.4, 0.5) is 0 Å². The van der Waals surface area contributed by atoms with Crippen molar-refractivity contribution in [3.8, 4) is 0 Å². The summed E-state index contributed by atoms with van der Waals surface area (Å²) in [6, 6.07) is 9.88. The van der Waals surface area contributed by atoms with E-state index in [1.54, 1.807) is 0 Å². The van der Waals surface area contributed by atoms with Gasteiger partial charge in [0, 0.05) is 5.57 Å². The highest BCUT2D eigenvalue weighted by molar-refractivity contribution is 5.82. The molecule has 1 heteroatoms. The fourth-order valence-electron chi connectivity index (χ4n) is 1.27. The molecule has 0 saturated heterocycles. The van der Waals surface area contributed by atoms with E-state index in [-0.39, 0.29) is 0 Å². The molecule has 0 spiro atoms. The molecule has 1 nitrogen and oxygen atoms in total. The lowest BCUT2D eigenvalue weighted by Gasteiger charge is -1.97. The molecule has 0 unspecified atom stereocenters. The van der Waals surface area contributed by atoms with E-state index < -0.39 is 0 Å². The van der Waals surface area contributed by atoms with Crippen LogP contribution in [0.25, 0.3) is 6.08 Å². The zero-order valence-electron chi connectivity index (χ0n) is 8.49. The summed E-state index contributed by atoms with van der Waals surface area (Å²) in [6.45, 7) is 2.12. The Balaban J connectivity index is 2.68. The molecule has 0 aliphatic heterocycles. The van der Waals surface area contributed by atoms with Gasteiger partial charge in [-0.25, -0.2) is 0 Å². The van der Waals surface area contributed by atoms with Crippen LogP contribution in [-0.4, -0.2) is 6.29 Å². The van der Waals surface area contributed by atoms with E-state index >= 15 is 0 Å². The van der Waals surface area contributed by atoms with Gasteiger partial charge in [0.2, 0.25) is 6.29 Å². The van der Waals surface area contributed by atoms with Gasteiger partial charge >= 0.3 is 0 Å². The van der Waals surface area contributed by atoms with Crippen molar-refractivity contribution < 1.29 is 4.79 Å². The maximum Gasteiger partial charge on any atom is 0.229 e. The van der Waals surface area contributed by atoms with Gasteiger partial charge in [-0.05, 0) is 24.5 Å². The summed E-state index contributed by atoms with van der Waals surface area (Å²) in [5.74, 6) is 0. The minimum Gasteiger partial charge on any atom is -0.285 e. The summed E-state index contributed by atoms with van der Waals surface area (Å²) in [6.07, 6.45) is 6.88. The molecule has 0 heterocycles. The second-order valence-electron chi connectivity index (χ2n) is 3.29. The van der Waals surface area contributed by atoms with Crippen molar-refractivity contribution in [1.82, 2.24) is 0 Å². The highest BCUT2D eigenvalue weighted by atomic mass is 16.1. The van der Waals surface area contributed by atoms with Gasteiger partial charge in [0.15, 0.2) is 0 Å². The minimum absolute atomic E-state index is 0.762. The molecule has 0 atom stereocenters. The van der Waals surface area contributed by atoms with Crippen molar-refractivity contribution >= 4 is 12.4 Å². The summed E-state index contributed by atoms with van der Waals surface area (Å²) in [5, 5.41) is 0. The quantitative estimate of drug-likeness (QED) is 0.646. The molecule has 0 amide bonds. The molecule has 73 valence electrons. The average molecular weight is 187 g/mol. The van der Waals surface area contributed by atoms with Gasteiger partial charge in [-0.3, -0.25) is 4.79 Å². The van der Waals surface area contributed by atoms with E-state index in [2.05, 4.69) is 6.92 Å². The van der Waals surface area contributed by atoms with E-state index in [9.17, 15) is 4.79 Å². The third-order valence-corrected chi connectivity index (χ3v) is 2.07. The molecule has 0 fully saturated rings. The Morgan fingerprint density at radius 2 is 2.07 bits per heavy atom. The van der Waals surface area contributed by atoms with E-state index in [0.29, 0.717) is 0 Å². The molecule has 0 aliphatic carbocycles. The lowest BCUT2D eigenvalue weighted by Crippen LogP contribution is -1.85. The first-order valence-electron chi connectivity index (χ1n) is 5.00. The topological polar surface area (TPSA) is 17.1 Å². The third-order valence-electron chi connectivity index (χ3n) is 2.07. The molecule has 0 bridgehead atoms. The smallest absolute Gasteiger partial charge is 0.229 e. The standard InChI is InChI=1S/C13H15O/c1-2-3-7-13(11-14)10-12-8-5-4-6-9-12/h4-6,8-10H,2-3,7H2,1H3. The molecular formula is C13H15O. The first-order chi connectivity index (χ1) is 6.86. The Labute approximate surface area is 85.5 Å². The van der Waals surface area contributed by atoms with Crippen LogP contribution < -0.4 is 0 Å². The van der Waals surface area contributed by atoms with Crippen molar-refractivity contribution in [3.05, 3.63) is 41.5 Å². The normalized spacial score (nSPS) is 11.4. The van der Waals surface area contributed by atoms with Gasteiger partial charge in [0.05, 0.1) is 0 Å². The van der Waals surface area contributed by atoms with Gasteiger partial charge in [-0.15, -0.1) is 0 Å². The van der Waals surface area contributed by atoms with Crippen LogP contribution in [0.2, 0.25) is 0 Å². The zero-order valence-corrected chi connectivity index (χ0v) is 8.49. The fraction of sp³-hybridized carbons (Fsp3) is 0.308. The third kappa shape index (κ3) is 3.56. The van der Waals surface area contributed by atoms with Crippen LogP contribution in [0.5, 0.6) is 0 Å². The molecule has 1 radical (unpaired) electrons. The lowest BCUT2D eigenvalue weighted by molar-refractivity contribution is 0.559. The maximum atomic E-state index is 10.6. The summed E-state index contributed by atoms with van der Waals surface area (Å²) in [4.78, 5) is 10.6. The van der Waals surface area contributed by atoms with E-state index in [0.717, 1.165) is 30.4 Å². The average Bonchev–Trinajstić information content (AvgIpc) is 2.25. The number of benzene rings is 1. The van der Waals surface area contributed by atoms with Crippen LogP contribution >= 0.6 is 0 Å². The maximum absolute atomic E-state index is 10.6. The molecule has 0 aromatic heterocycles. The Morgan fingerprint density at radius 1 is 1.36 bits per heavy atom. The van der Waals surface area contributed by atoms with Crippen molar-refractivity contribution in [2.75, 3.05) is 0 Å². The van der Waals surface area contributed by atoms with Gasteiger partial charge in [0.1, 0.15) is 0 Å². The van der Waals surface area contributed by atoms with Gasteiger partial charge in [-0.2, -0.15) is 0 Å². The largest absolute Gasteiger partial charge is 0.285 e. The molecule has 1 rings (SSSR count). The van der Waals surface area contributed by atoms with Crippen LogP contribution in [-0.2, 0) is 4.79 Å². The monoisotopic (exact) mass is 187 g/mol. The molecular weight excluding hydrogens is 172 g/mol. The number of rotatable bonds is 5. The van der Waals surface area contributed by atoms with E-state index in [1.807, 2.05) is 42.7 Å². The second kappa shape index (κ2) is 6.14. The van der Waals surface area contributed by atoms with Crippen LogP contribution in [0.1, 0.15) is 31.7 Å². The van der Waals surface area contributed by atoms with Crippen molar-refractivity contribution in [1.29, 1.82) is 0 Å². The van der Waals surface area contributed by atoms with Crippen LogP contribution in [0.15, 0.2) is 35.9 Å². The number of unbranched alkanes of at least 4 members (excludes halogenated alkanes) is 1. The Morgan fingerprint density at radius 3 is 2.64 bits per heavy atom. The highest BCUT2D eigenvalue weighted by Gasteiger charge is 1.96. The Hall–Kier alpha value is -1.37. The number of hydrogen-bond acceptors (Lipinski definition) is 1. The van der Waals surface area contributed by atoms with Crippen LogP contribution in [0.3, 0.4) is 0 Å². The van der Waals surface area contributed by atoms with Crippen LogP contribution in [0, 0.1) is 0 Å². The Kier molecular flexibility index (Phi) is 4.70. The lowest BCUT2D eigenvalue weighted by atomic mass is 10.1. The van der Waals surface area contributed by atoms with Crippen molar-refractivity contribution in [3.63, 3.8) is 0 Å². The first-order valence-corrected chi connectivity index (χ1v) is 5.00. The number of hydrogen-bond donors (Lipinski definition) is 0. The predicted octanol–water partition coefficient (Wildman–Crippen LogP) is 3.37. The van der Waals surface area contributed by atoms with E-state index in [1.165, 1.54) is 0 Å². The van der Waals surface area contributed by atoms with Gasteiger partial charge < -0.3 is 0 Å². The molecule has 0 N–H and O–H groups in total. The first kappa shape index (κ1) is 10.7.